The van der Waals surface area contributed by atoms with Crippen LogP contribution in [0.25, 0.3) is 11.0 Å². The highest BCUT2D eigenvalue weighted by atomic mass is 32.1. The Kier molecular flexibility index (Phi) is 5.21. The molecule has 1 N–H and O–H groups in total. The second kappa shape index (κ2) is 7.94. The molecule has 0 fully saturated rings. The van der Waals surface area contributed by atoms with Gasteiger partial charge in [0.25, 0.3) is 5.91 Å². The van der Waals surface area contributed by atoms with Crippen molar-refractivity contribution in [1.29, 1.82) is 0 Å². The van der Waals surface area contributed by atoms with Crippen molar-refractivity contribution in [3.8, 4) is 0 Å². The van der Waals surface area contributed by atoms with Crippen LogP contribution in [-0.2, 0) is 13.0 Å². The molecule has 1 aromatic carbocycles. The Morgan fingerprint density at radius 1 is 1.18 bits per heavy atom. The lowest BCUT2D eigenvalue weighted by Crippen LogP contribution is -2.26. The summed E-state index contributed by atoms with van der Waals surface area (Å²) in [5, 5.41) is 10.4. The first-order chi connectivity index (χ1) is 13.6. The minimum Gasteiger partial charge on any atom is -0.352 e. The zero-order valence-corrected chi connectivity index (χ0v) is 16.8. The van der Waals surface area contributed by atoms with Gasteiger partial charge in [-0.15, -0.1) is 11.3 Å². The molecule has 0 spiro atoms. The highest BCUT2D eigenvalue weighted by molar-refractivity contribution is 7.09. The third kappa shape index (κ3) is 3.82. The number of rotatable bonds is 6. The van der Waals surface area contributed by atoms with Crippen LogP contribution in [0.2, 0.25) is 0 Å². The third-order valence-electron chi connectivity index (χ3n) is 4.81. The Bertz CT molecular complexity index is 1110. The van der Waals surface area contributed by atoms with Crippen molar-refractivity contribution < 1.29 is 4.79 Å². The van der Waals surface area contributed by atoms with E-state index in [9.17, 15) is 4.79 Å². The van der Waals surface area contributed by atoms with Gasteiger partial charge in [0, 0.05) is 17.1 Å². The molecule has 0 aliphatic rings. The van der Waals surface area contributed by atoms with Gasteiger partial charge in [0.15, 0.2) is 5.65 Å². The number of nitrogens with one attached hydrogen (secondary N) is 1. The molecule has 0 unspecified atom stereocenters. The molecular weight excluding hydrogens is 368 g/mol. The van der Waals surface area contributed by atoms with Crippen LogP contribution in [0.1, 0.15) is 32.1 Å². The molecule has 3 aromatic heterocycles. The monoisotopic (exact) mass is 390 g/mol. The summed E-state index contributed by atoms with van der Waals surface area (Å²) in [7, 11) is 0. The fourth-order valence-electron chi connectivity index (χ4n) is 3.32. The normalized spacial score (nSPS) is 11.1. The summed E-state index contributed by atoms with van der Waals surface area (Å²) in [5.41, 5.74) is 4.68. The van der Waals surface area contributed by atoms with Crippen molar-refractivity contribution in [2.75, 3.05) is 6.54 Å². The van der Waals surface area contributed by atoms with Crippen LogP contribution in [-0.4, -0.2) is 27.2 Å². The van der Waals surface area contributed by atoms with Crippen LogP contribution in [0, 0.1) is 13.8 Å². The predicted octanol–water partition coefficient (Wildman–Crippen LogP) is 4.13. The lowest BCUT2D eigenvalue weighted by molar-refractivity contribution is 0.0955. The lowest BCUT2D eigenvalue weighted by Gasteiger charge is -2.09. The zero-order chi connectivity index (χ0) is 19.5. The Morgan fingerprint density at radius 2 is 2.04 bits per heavy atom. The van der Waals surface area contributed by atoms with Gasteiger partial charge in [0.2, 0.25) is 0 Å². The number of pyridine rings is 1. The summed E-state index contributed by atoms with van der Waals surface area (Å²) in [6, 6.07) is 14.2. The van der Waals surface area contributed by atoms with Crippen molar-refractivity contribution in [1.82, 2.24) is 20.1 Å². The molecule has 3 heterocycles. The van der Waals surface area contributed by atoms with Crippen LogP contribution in [0.4, 0.5) is 0 Å². The zero-order valence-electron chi connectivity index (χ0n) is 16.0. The topological polar surface area (TPSA) is 59.8 Å². The van der Waals surface area contributed by atoms with Crippen molar-refractivity contribution >= 4 is 28.3 Å². The van der Waals surface area contributed by atoms with E-state index in [1.54, 1.807) is 17.5 Å². The lowest BCUT2D eigenvalue weighted by atomic mass is 10.1. The number of nitrogens with zero attached hydrogens (tertiary/aromatic N) is 3. The first-order valence-corrected chi connectivity index (χ1v) is 10.2. The molecule has 0 radical (unpaired) electrons. The van der Waals surface area contributed by atoms with Gasteiger partial charge in [-0.2, -0.15) is 5.10 Å². The Balaban J connectivity index is 1.53. The summed E-state index contributed by atoms with van der Waals surface area (Å²) in [6.07, 6.45) is 2.55. The molecule has 142 valence electrons. The number of carbonyl (C=O) groups is 1. The molecule has 0 atom stereocenters. The van der Waals surface area contributed by atoms with E-state index in [1.165, 1.54) is 16.0 Å². The number of thiophene rings is 1. The number of benzene rings is 1. The van der Waals surface area contributed by atoms with E-state index in [2.05, 4.69) is 40.5 Å². The number of hydrogen-bond donors (Lipinski definition) is 1. The maximum atomic E-state index is 12.8. The van der Waals surface area contributed by atoms with Gasteiger partial charge in [-0.3, -0.25) is 4.79 Å². The van der Waals surface area contributed by atoms with Crippen LogP contribution in [0.3, 0.4) is 0 Å². The number of aromatic nitrogens is 3. The molecule has 0 bridgehead atoms. The number of hydrogen-bond acceptors (Lipinski definition) is 4. The predicted molar refractivity (Wildman–Crippen MR) is 113 cm³/mol. The first kappa shape index (κ1) is 18.4. The second-order valence-corrected chi connectivity index (χ2v) is 7.89. The summed E-state index contributed by atoms with van der Waals surface area (Å²) in [6.45, 7) is 5.25. The smallest absolute Gasteiger partial charge is 0.252 e. The molecule has 28 heavy (non-hydrogen) atoms. The van der Waals surface area contributed by atoms with E-state index in [1.807, 2.05) is 41.3 Å². The average molecular weight is 391 g/mol. The van der Waals surface area contributed by atoms with Gasteiger partial charge >= 0.3 is 0 Å². The van der Waals surface area contributed by atoms with Gasteiger partial charge in [0.05, 0.1) is 23.7 Å². The standard InChI is InChI=1S/C22H22N4OS/c1-15-6-3-4-7-17(15)9-10-23-22(27)19-12-16(2)25-21-20(19)13-24-26(21)14-18-8-5-11-28-18/h3-8,11-13H,9-10,14H2,1-2H3,(H,23,27). The molecule has 5 nitrogen and oxygen atoms in total. The minimum atomic E-state index is -0.0836. The van der Waals surface area contributed by atoms with Crippen molar-refractivity contribution in [2.24, 2.45) is 0 Å². The van der Waals surface area contributed by atoms with Crippen LogP contribution in [0.15, 0.2) is 54.0 Å². The Hall–Kier alpha value is -2.99. The largest absolute Gasteiger partial charge is 0.352 e. The quantitative estimate of drug-likeness (QED) is 0.538. The highest BCUT2D eigenvalue weighted by Gasteiger charge is 2.16. The molecule has 0 aliphatic heterocycles. The molecule has 0 saturated heterocycles. The van der Waals surface area contributed by atoms with Crippen molar-refractivity contribution in [3.63, 3.8) is 0 Å². The summed E-state index contributed by atoms with van der Waals surface area (Å²) in [4.78, 5) is 18.7. The summed E-state index contributed by atoms with van der Waals surface area (Å²) < 4.78 is 1.86. The highest BCUT2D eigenvalue weighted by Crippen LogP contribution is 2.20. The van der Waals surface area contributed by atoms with Gasteiger partial charge in [-0.05, 0) is 48.9 Å². The van der Waals surface area contributed by atoms with E-state index in [0.717, 1.165) is 23.1 Å². The van der Waals surface area contributed by atoms with Gasteiger partial charge < -0.3 is 5.32 Å². The van der Waals surface area contributed by atoms with Gasteiger partial charge in [-0.1, -0.05) is 30.3 Å². The van der Waals surface area contributed by atoms with Gasteiger partial charge in [0.1, 0.15) is 0 Å². The fourth-order valence-corrected chi connectivity index (χ4v) is 4.01. The van der Waals surface area contributed by atoms with E-state index >= 15 is 0 Å². The Morgan fingerprint density at radius 3 is 2.82 bits per heavy atom. The van der Waals surface area contributed by atoms with E-state index in [0.29, 0.717) is 18.7 Å². The van der Waals surface area contributed by atoms with Crippen LogP contribution < -0.4 is 5.32 Å². The average Bonchev–Trinajstić information content (AvgIpc) is 3.33. The number of fused-ring (bicyclic) bond motifs is 1. The van der Waals surface area contributed by atoms with E-state index < -0.39 is 0 Å². The molecule has 1 amide bonds. The fraction of sp³-hybridized carbons (Fsp3) is 0.227. The van der Waals surface area contributed by atoms with Crippen molar-refractivity contribution in [3.05, 3.63) is 81.3 Å². The maximum absolute atomic E-state index is 12.8. The summed E-state index contributed by atoms with van der Waals surface area (Å²) >= 11 is 1.69. The first-order valence-electron chi connectivity index (χ1n) is 9.30. The molecule has 0 saturated carbocycles. The molecule has 4 rings (SSSR count). The second-order valence-electron chi connectivity index (χ2n) is 6.86. The molecule has 4 aromatic rings. The number of aryl methyl sites for hydroxylation is 2. The van der Waals surface area contributed by atoms with Crippen LogP contribution in [0.5, 0.6) is 0 Å². The molecule has 0 aliphatic carbocycles. The minimum absolute atomic E-state index is 0.0836. The molecule has 6 heteroatoms. The van der Waals surface area contributed by atoms with E-state index in [4.69, 9.17) is 0 Å². The van der Waals surface area contributed by atoms with Gasteiger partial charge in [-0.25, -0.2) is 9.67 Å². The maximum Gasteiger partial charge on any atom is 0.252 e. The SMILES string of the molecule is Cc1cc(C(=O)NCCc2ccccc2C)c2cnn(Cc3cccs3)c2n1. The third-order valence-corrected chi connectivity index (χ3v) is 5.67. The Labute approximate surface area is 168 Å². The number of carbonyl (C=O) groups excluding carboxylic acids is 1. The van der Waals surface area contributed by atoms with Crippen molar-refractivity contribution in [2.45, 2.75) is 26.8 Å². The van der Waals surface area contributed by atoms with E-state index in [-0.39, 0.29) is 5.91 Å². The summed E-state index contributed by atoms with van der Waals surface area (Å²) in [5.74, 6) is -0.0836. The van der Waals surface area contributed by atoms with Crippen LogP contribution >= 0.6 is 11.3 Å². The molecular formula is C22H22N4OS. The number of amides is 1.